The van der Waals surface area contributed by atoms with Crippen molar-refractivity contribution in [2.45, 2.75) is 19.9 Å². The Bertz CT molecular complexity index is 732. The lowest BCUT2D eigenvalue weighted by molar-refractivity contribution is 0.731. The van der Waals surface area contributed by atoms with Gasteiger partial charge >= 0.3 is 0 Å². The Morgan fingerprint density at radius 2 is 2.15 bits per heavy atom. The third-order valence-electron chi connectivity index (χ3n) is 3.40. The zero-order chi connectivity index (χ0) is 13.9. The molecule has 0 fully saturated rings. The molecule has 20 heavy (non-hydrogen) atoms. The Hall–Kier alpha value is -2.40. The minimum Gasteiger partial charge on any atom is -0.330 e. The largest absolute Gasteiger partial charge is 0.330 e. The van der Waals surface area contributed by atoms with Gasteiger partial charge in [0, 0.05) is 29.8 Å². The van der Waals surface area contributed by atoms with Gasteiger partial charge in [-0.25, -0.2) is 15.8 Å². The Morgan fingerprint density at radius 1 is 1.30 bits per heavy atom. The van der Waals surface area contributed by atoms with Crippen LogP contribution in [-0.4, -0.2) is 14.5 Å². The van der Waals surface area contributed by atoms with E-state index >= 15 is 0 Å². The Labute approximate surface area is 117 Å². The van der Waals surface area contributed by atoms with Crippen molar-refractivity contribution in [3.05, 3.63) is 54.1 Å². The van der Waals surface area contributed by atoms with Crippen molar-refractivity contribution in [3.63, 3.8) is 0 Å². The highest BCUT2D eigenvalue weighted by Gasteiger charge is 2.08. The molecule has 0 saturated heterocycles. The van der Waals surface area contributed by atoms with E-state index in [2.05, 4.69) is 39.0 Å². The maximum absolute atomic E-state index is 5.60. The molecule has 0 saturated carbocycles. The number of nitrogens with zero attached hydrogens (tertiary/aromatic N) is 3. The number of aryl methyl sites for hydroxylation is 1. The molecular weight excluding hydrogens is 250 g/mol. The predicted octanol–water partition coefficient (Wildman–Crippen LogP) is 2.33. The van der Waals surface area contributed by atoms with Crippen LogP contribution < -0.4 is 11.3 Å². The van der Waals surface area contributed by atoms with Gasteiger partial charge in [0.05, 0.1) is 12.1 Å². The van der Waals surface area contributed by atoms with Gasteiger partial charge in [-0.15, -0.1) is 0 Å². The summed E-state index contributed by atoms with van der Waals surface area (Å²) in [6.07, 6.45) is 4.70. The van der Waals surface area contributed by atoms with E-state index in [1.807, 2.05) is 30.6 Å². The number of nitrogen functional groups attached to an aromatic ring is 1. The molecule has 102 valence electrons. The summed E-state index contributed by atoms with van der Waals surface area (Å²) in [4.78, 5) is 8.90. The highest BCUT2D eigenvalue weighted by molar-refractivity contribution is 5.81. The van der Waals surface area contributed by atoms with Crippen molar-refractivity contribution in [3.8, 4) is 0 Å². The van der Waals surface area contributed by atoms with Crippen LogP contribution in [0.2, 0.25) is 0 Å². The Morgan fingerprint density at radius 3 is 2.95 bits per heavy atom. The molecule has 0 spiro atoms. The summed E-state index contributed by atoms with van der Waals surface area (Å²) in [7, 11) is 0. The average molecular weight is 267 g/mol. The SMILES string of the molecule is CCc1nccn1Cc1cc2ccccc2nc1NN. The minimum absolute atomic E-state index is 0.708. The lowest BCUT2D eigenvalue weighted by Gasteiger charge is -2.12. The van der Waals surface area contributed by atoms with Gasteiger partial charge in [-0.2, -0.15) is 0 Å². The van der Waals surface area contributed by atoms with Crippen LogP contribution in [0.5, 0.6) is 0 Å². The first kappa shape index (κ1) is 12.6. The van der Waals surface area contributed by atoms with Crippen LogP contribution in [0, 0.1) is 0 Å². The van der Waals surface area contributed by atoms with E-state index in [-0.39, 0.29) is 0 Å². The lowest BCUT2D eigenvalue weighted by Crippen LogP contribution is -2.13. The van der Waals surface area contributed by atoms with Crippen LogP contribution in [0.1, 0.15) is 18.3 Å². The van der Waals surface area contributed by atoms with Gasteiger partial charge in [0.1, 0.15) is 11.6 Å². The van der Waals surface area contributed by atoms with E-state index in [1.165, 1.54) is 0 Å². The van der Waals surface area contributed by atoms with E-state index in [9.17, 15) is 0 Å². The number of hydrogen-bond donors (Lipinski definition) is 2. The molecule has 0 unspecified atom stereocenters. The maximum Gasteiger partial charge on any atom is 0.145 e. The lowest BCUT2D eigenvalue weighted by atomic mass is 10.1. The molecule has 0 aliphatic rings. The predicted molar refractivity (Wildman–Crippen MR) is 80.3 cm³/mol. The van der Waals surface area contributed by atoms with E-state index in [0.717, 1.165) is 28.7 Å². The van der Waals surface area contributed by atoms with Crippen LogP contribution in [0.4, 0.5) is 5.82 Å². The number of nitrogens with two attached hydrogens (primary N) is 1. The summed E-state index contributed by atoms with van der Waals surface area (Å²) in [5.74, 6) is 7.37. The molecule has 1 aromatic carbocycles. The summed E-state index contributed by atoms with van der Waals surface area (Å²) in [6, 6.07) is 10.1. The average Bonchev–Trinajstić information content (AvgIpc) is 2.93. The van der Waals surface area contributed by atoms with Crippen LogP contribution in [0.3, 0.4) is 0 Å². The summed E-state index contributed by atoms with van der Waals surface area (Å²) in [5.41, 5.74) is 4.68. The highest BCUT2D eigenvalue weighted by atomic mass is 15.3. The molecular formula is C15H17N5. The third-order valence-corrected chi connectivity index (χ3v) is 3.40. The van der Waals surface area contributed by atoms with Crippen molar-refractivity contribution in [1.29, 1.82) is 0 Å². The summed E-state index contributed by atoms with van der Waals surface area (Å²) in [6.45, 7) is 2.81. The number of anilines is 1. The van der Waals surface area contributed by atoms with Gasteiger partial charge in [0.2, 0.25) is 0 Å². The van der Waals surface area contributed by atoms with Gasteiger partial charge in [-0.3, -0.25) is 0 Å². The second-order valence-electron chi connectivity index (χ2n) is 4.66. The molecule has 0 aliphatic heterocycles. The van der Waals surface area contributed by atoms with E-state index in [1.54, 1.807) is 0 Å². The van der Waals surface area contributed by atoms with Crippen molar-refractivity contribution in [2.24, 2.45) is 5.84 Å². The second kappa shape index (κ2) is 5.30. The molecule has 0 bridgehead atoms. The van der Waals surface area contributed by atoms with Crippen LogP contribution in [-0.2, 0) is 13.0 Å². The van der Waals surface area contributed by atoms with Crippen molar-refractivity contribution < 1.29 is 0 Å². The first-order chi connectivity index (χ1) is 9.81. The number of aromatic nitrogens is 3. The number of para-hydroxylation sites is 1. The van der Waals surface area contributed by atoms with E-state index < -0.39 is 0 Å². The fraction of sp³-hybridized carbons (Fsp3) is 0.200. The first-order valence-electron chi connectivity index (χ1n) is 6.67. The van der Waals surface area contributed by atoms with Gasteiger partial charge in [0.15, 0.2) is 0 Å². The molecule has 0 amide bonds. The smallest absolute Gasteiger partial charge is 0.145 e. The molecule has 3 N–H and O–H groups in total. The van der Waals surface area contributed by atoms with Crippen LogP contribution in [0.15, 0.2) is 42.7 Å². The van der Waals surface area contributed by atoms with Crippen molar-refractivity contribution >= 4 is 16.7 Å². The highest BCUT2D eigenvalue weighted by Crippen LogP contribution is 2.21. The molecule has 2 heterocycles. The van der Waals surface area contributed by atoms with E-state index in [0.29, 0.717) is 12.4 Å². The quantitative estimate of drug-likeness (QED) is 0.562. The molecule has 5 nitrogen and oxygen atoms in total. The molecule has 0 aliphatic carbocycles. The number of hydrogen-bond acceptors (Lipinski definition) is 4. The number of pyridine rings is 1. The number of fused-ring (bicyclic) bond motifs is 1. The molecule has 0 radical (unpaired) electrons. The number of imidazole rings is 1. The Balaban J connectivity index is 2.05. The normalized spacial score (nSPS) is 10.9. The molecule has 5 heteroatoms. The van der Waals surface area contributed by atoms with Gasteiger partial charge in [-0.1, -0.05) is 25.1 Å². The summed E-state index contributed by atoms with van der Waals surface area (Å²) in [5, 5.41) is 1.11. The standard InChI is InChI=1S/C15H17N5/c1-2-14-17-7-8-20(14)10-12-9-11-5-3-4-6-13(11)18-15(12)19-16/h3-9H,2,10,16H2,1H3,(H,18,19). The molecule has 2 aromatic heterocycles. The zero-order valence-corrected chi connectivity index (χ0v) is 11.4. The fourth-order valence-corrected chi connectivity index (χ4v) is 2.39. The van der Waals surface area contributed by atoms with Gasteiger partial charge in [0.25, 0.3) is 0 Å². The zero-order valence-electron chi connectivity index (χ0n) is 11.4. The maximum atomic E-state index is 5.60. The van der Waals surface area contributed by atoms with Crippen LogP contribution in [0.25, 0.3) is 10.9 Å². The first-order valence-corrected chi connectivity index (χ1v) is 6.67. The van der Waals surface area contributed by atoms with Gasteiger partial charge in [-0.05, 0) is 12.1 Å². The minimum atomic E-state index is 0.708. The van der Waals surface area contributed by atoms with Crippen LogP contribution >= 0.6 is 0 Å². The van der Waals surface area contributed by atoms with Gasteiger partial charge < -0.3 is 9.99 Å². The summed E-state index contributed by atoms with van der Waals surface area (Å²) < 4.78 is 2.12. The molecule has 3 aromatic rings. The number of hydrazine groups is 1. The molecule has 3 rings (SSSR count). The third kappa shape index (κ3) is 2.23. The number of nitrogens with one attached hydrogen (secondary N) is 1. The molecule has 0 atom stereocenters. The number of benzene rings is 1. The monoisotopic (exact) mass is 267 g/mol. The van der Waals surface area contributed by atoms with Crippen molar-refractivity contribution in [2.75, 3.05) is 5.43 Å². The summed E-state index contributed by atoms with van der Waals surface area (Å²) >= 11 is 0. The second-order valence-corrected chi connectivity index (χ2v) is 4.66. The fourth-order valence-electron chi connectivity index (χ4n) is 2.39. The topological polar surface area (TPSA) is 68.8 Å². The van der Waals surface area contributed by atoms with Crippen molar-refractivity contribution in [1.82, 2.24) is 14.5 Å². The van der Waals surface area contributed by atoms with E-state index in [4.69, 9.17) is 5.84 Å². The Kier molecular flexibility index (Phi) is 3.35. The number of rotatable bonds is 4.